The summed E-state index contributed by atoms with van der Waals surface area (Å²) in [6, 6.07) is 4.08. The molecule has 1 nitrogen and oxygen atoms in total. The Labute approximate surface area is 88.9 Å². The number of aryl methyl sites for hydroxylation is 1. The molecule has 0 aliphatic heterocycles. The normalized spacial score (nSPS) is 13.2. The molecule has 0 saturated carbocycles. The van der Waals surface area contributed by atoms with Crippen molar-refractivity contribution in [3.05, 3.63) is 21.3 Å². The maximum absolute atomic E-state index is 5.84. The minimum absolute atomic E-state index is 0.728. The van der Waals surface area contributed by atoms with Crippen molar-refractivity contribution in [1.29, 1.82) is 0 Å². The van der Waals surface area contributed by atoms with Gasteiger partial charge in [-0.1, -0.05) is 18.5 Å². The molecule has 2 N–H and O–H groups in total. The molecule has 1 rings (SSSR count). The van der Waals surface area contributed by atoms with Gasteiger partial charge in [0.2, 0.25) is 0 Å². The second-order valence-electron chi connectivity index (χ2n) is 3.43. The van der Waals surface area contributed by atoms with Crippen LogP contribution in [0.1, 0.15) is 24.6 Å². The van der Waals surface area contributed by atoms with Gasteiger partial charge in [-0.15, -0.1) is 11.3 Å². The Hall–Kier alpha value is -0.0500. The summed E-state index contributed by atoms with van der Waals surface area (Å²) >= 11 is 7.52. The number of thiophene rings is 1. The molecule has 0 spiro atoms. The molecule has 0 aliphatic rings. The van der Waals surface area contributed by atoms with Gasteiger partial charge < -0.3 is 5.73 Å². The highest BCUT2D eigenvalue weighted by molar-refractivity contribution is 7.16. The molecule has 1 atom stereocenters. The summed E-state index contributed by atoms with van der Waals surface area (Å²) in [5.41, 5.74) is 5.48. The van der Waals surface area contributed by atoms with E-state index in [0.29, 0.717) is 0 Å². The van der Waals surface area contributed by atoms with Gasteiger partial charge in [0, 0.05) is 4.88 Å². The van der Waals surface area contributed by atoms with Crippen LogP contribution in [0.4, 0.5) is 0 Å². The van der Waals surface area contributed by atoms with Crippen LogP contribution in [-0.4, -0.2) is 6.54 Å². The fourth-order valence-corrected chi connectivity index (χ4v) is 2.41. The van der Waals surface area contributed by atoms with Crippen LogP contribution in [0.25, 0.3) is 0 Å². The molecule has 0 radical (unpaired) electrons. The van der Waals surface area contributed by atoms with E-state index in [1.165, 1.54) is 11.3 Å². The van der Waals surface area contributed by atoms with E-state index in [2.05, 4.69) is 13.0 Å². The molecule has 0 bridgehead atoms. The first-order chi connectivity index (χ1) is 6.22. The van der Waals surface area contributed by atoms with Crippen LogP contribution in [0.15, 0.2) is 12.1 Å². The van der Waals surface area contributed by atoms with Crippen molar-refractivity contribution < 1.29 is 0 Å². The zero-order valence-corrected chi connectivity index (χ0v) is 9.50. The highest BCUT2D eigenvalue weighted by atomic mass is 35.5. The predicted molar refractivity (Wildman–Crippen MR) is 60.5 cm³/mol. The summed E-state index contributed by atoms with van der Waals surface area (Å²) in [5, 5.41) is 0. The van der Waals surface area contributed by atoms with Crippen molar-refractivity contribution in [3.63, 3.8) is 0 Å². The molecule has 1 aromatic rings. The Morgan fingerprint density at radius 1 is 1.46 bits per heavy atom. The Bertz CT molecular complexity index is 247. The highest BCUT2D eigenvalue weighted by Crippen LogP contribution is 2.23. The van der Waals surface area contributed by atoms with Gasteiger partial charge in [0.05, 0.1) is 4.34 Å². The van der Waals surface area contributed by atoms with Crippen molar-refractivity contribution in [2.45, 2.75) is 26.2 Å². The Morgan fingerprint density at radius 2 is 2.23 bits per heavy atom. The van der Waals surface area contributed by atoms with Crippen LogP contribution in [0.2, 0.25) is 4.34 Å². The lowest BCUT2D eigenvalue weighted by molar-refractivity contribution is 0.501. The Balaban J connectivity index is 2.26. The average molecular weight is 218 g/mol. The van der Waals surface area contributed by atoms with Crippen LogP contribution in [0, 0.1) is 5.92 Å². The lowest BCUT2D eigenvalue weighted by Crippen LogP contribution is -2.06. The number of hydrogen-bond donors (Lipinski definition) is 1. The van der Waals surface area contributed by atoms with Crippen LogP contribution in [-0.2, 0) is 6.42 Å². The minimum atomic E-state index is 0.728. The van der Waals surface area contributed by atoms with Gasteiger partial charge in [0.15, 0.2) is 0 Å². The fraction of sp³-hybridized carbons (Fsp3) is 0.600. The van der Waals surface area contributed by atoms with Crippen molar-refractivity contribution in [1.82, 2.24) is 0 Å². The van der Waals surface area contributed by atoms with E-state index < -0.39 is 0 Å². The molecular weight excluding hydrogens is 202 g/mol. The number of nitrogens with two attached hydrogens (primary N) is 1. The van der Waals surface area contributed by atoms with Gasteiger partial charge in [-0.3, -0.25) is 0 Å². The summed E-state index contributed by atoms with van der Waals surface area (Å²) in [5.74, 6) is 0.728. The van der Waals surface area contributed by atoms with Gasteiger partial charge in [-0.25, -0.2) is 0 Å². The molecule has 0 fully saturated rings. The standard InChI is InChI=1S/C10H16ClNS/c1-8(6-7-12)2-3-9-4-5-10(11)13-9/h4-5,8H,2-3,6-7,12H2,1H3. The molecule has 0 saturated heterocycles. The highest BCUT2D eigenvalue weighted by Gasteiger charge is 2.03. The van der Waals surface area contributed by atoms with Crippen molar-refractivity contribution in [2.24, 2.45) is 11.7 Å². The lowest BCUT2D eigenvalue weighted by atomic mass is 10.0. The summed E-state index contributed by atoms with van der Waals surface area (Å²) in [7, 11) is 0. The zero-order chi connectivity index (χ0) is 9.68. The molecule has 1 heterocycles. The molecule has 74 valence electrons. The maximum Gasteiger partial charge on any atom is 0.0931 e. The number of halogens is 1. The van der Waals surface area contributed by atoms with E-state index in [-0.39, 0.29) is 0 Å². The molecule has 0 aromatic carbocycles. The van der Waals surface area contributed by atoms with Gasteiger partial charge >= 0.3 is 0 Å². The molecular formula is C10H16ClNS. The Morgan fingerprint density at radius 3 is 2.77 bits per heavy atom. The van der Waals surface area contributed by atoms with Crippen LogP contribution in [0.3, 0.4) is 0 Å². The SMILES string of the molecule is CC(CCN)CCc1ccc(Cl)s1. The third-order valence-electron chi connectivity index (χ3n) is 2.17. The molecule has 13 heavy (non-hydrogen) atoms. The van der Waals surface area contributed by atoms with E-state index in [1.807, 2.05) is 6.07 Å². The Kier molecular flexibility index (Phi) is 4.78. The van der Waals surface area contributed by atoms with Crippen LogP contribution < -0.4 is 5.73 Å². The average Bonchev–Trinajstić information content (AvgIpc) is 2.49. The molecule has 0 amide bonds. The van der Waals surface area contributed by atoms with Crippen LogP contribution >= 0.6 is 22.9 Å². The first kappa shape index (κ1) is 11.0. The number of hydrogen-bond acceptors (Lipinski definition) is 2. The molecule has 1 unspecified atom stereocenters. The molecule has 3 heteroatoms. The smallest absolute Gasteiger partial charge is 0.0931 e. The first-order valence-electron chi connectivity index (χ1n) is 4.66. The van der Waals surface area contributed by atoms with Crippen molar-refractivity contribution in [3.8, 4) is 0 Å². The zero-order valence-electron chi connectivity index (χ0n) is 7.92. The van der Waals surface area contributed by atoms with Gasteiger partial charge in [0.25, 0.3) is 0 Å². The van der Waals surface area contributed by atoms with Crippen molar-refractivity contribution in [2.75, 3.05) is 6.54 Å². The van der Waals surface area contributed by atoms with E-state index in [4.69, 9.17) is 17.3 Å². The summed E-state index contributed by atoms with van der Waals surface area (Å²) in [6.45, 7) is 3.05. The monoisotopic (exact) mass is 217 g/mol. The van der Waals surface area contributed by atoms with Gasteiger partial charge in [-0.2, -0.15) is 0 Å². The lowest BCUT2D eigenvalue weighted by Gasteiger charge is -2.07. The second kappa shape index (κ2) is 5.63. The quantitative estimate of drug-likeness (QED) is 0.805. The van der Waals surface area contributed by atoms with Gasteiger partial charge in [0.1, 0.15) is 0 Å². The fourth-order valence-electron chi connectivity index (χ4n) is 1.30. The summed E-state index contributed by atoms with van der Waals surface area (Å²) < 4.78 is 0.890. The van der Waals surface area contributed by atoms with Crippen molar-refractivity contribution >= 4 is 22.9 Å². The summed E-state index contributed by atoms with van der Waals surface area (Å²) in [6.07, 6.45) is 3.48. The molecule has 1 aromatic heterocycles. The molecule has 0 aliphatic carbocycles. The third-order valence-corrected chi connectivity index (χ3v) is 3.46. The first-order valence-corrected chi connectivity index (χ1v) is 5.86. The van der Waals surface area contributed by atoms with Gasteiger partial charge in [-0.05, 0) is 43.9 Å². The largest absolute Gasteiger partial charge is 0.330 e. The third kappa shape index (κ3) is 4.12. The topological polar surface area (TPSA) is 26.0 Å². The summed E-state index contributed by atoms with van der Waals surface area (Å²) in [4.78, 5) is 1.38. The van der Waals surface area contributed by atoms with E-state index in [1.54, 1.807) is 11.3 Å². The van der Waals surface area contributed by atoms with E-state index >= 15 is 0 Å². The van der Waals surface area contributed by atoms with Crippen LogP contribution in [0.5, 0.6) is 0 Å². The van der Waals surface area contributed by atoms with E-state index in [9.17, 15) is 0 Å². The predicted octanol–water partition coefficient (Wildman–Crippen LogP) is 3.32. The second-order valence-corrected chi connectivity index (χ2v) is 5.23. The maximum atomic E-state index is 5.84. The van der Waals surface area contributed by atoms with E-state index in [0.717, 1.165) is 29.6 Å². The minimum Gasteiger partial charge on any atom is -0.330 e. The number of rotatable bonds is 5.